The molecule has 2 atom stereocenters. The van der Waals surface area contributed by atoms with Gasteiger partial charge in [-0.2, -0.15) is 0 Å². The zero-order chi connectivity index (χ0) is 20.6. The number of nitrogens with one attached hydrogen (secondary N) is 2. The predicted octanol–water partition coefficient (Wildman–Crippen LogP) is 1.37. The second-order valence-corrected chi connectivity index (χ2v) is 8.46. The molecule has 8 nitrogen and oxygen atoms in total. The Kier molecular flexibility index (Phi) is 5.10. The highest BCUT2D eigenvalue weighted by atomic mass is 16.5. The fourth-order valence-electron chi connectivity index (χ4n) is 4.79. The van der Waals surface area contributed by atoms with Crippen LogP contribution in [0.15, 0.2) is 18.2 Å². The van der Waals surface area contributed by atoms with E-state index in [1.807, 2.05) is 0 Å². The van der Waals surface area contributed by atoms with Crippen LogP contribution in [0.25, 0.3) is 0 Å². The largest absolute Gasteiger partial charge is 0.491 e. The van der Waals surface area contributed by atoms with E-state index in [9.17, 15) is 9.59 Å². The highest BCUT2D eigenvalue weighted by Gasteiger charge is 2.60. The van der Waals surface area contributed by atoms with Crippen LogP contribution in [0.1, 0.15) is 50.5 Å². The van der Waals surface area contributed by atoms with E-state index in [1.54, 1.807) is 23.1 Å². The Balaban J connectivity index is 1.57. The molecule has 1 aromatic carbocycles. The summed E-state index contributed by atoms with van der Waals surface area (Å²) in [5, 5.41) is 10.9. The molecule has 2 amide bonds. The number of amides is 2. The van der Waals surface area contributed by atoms with Gasteiger partial charge in [0.05, 0.1) is 5.56 Å². The van der Waals surface area contributed by atoms with Crippen molar-refractivity contribution in [2.24, 2.45) is 11.1 Å². The van der Waals surface area contributed by atoms with Crippen LogP contribution < -0.4 is 21.5 Å². The average molecular weight is 399 g/mol. The third kappa shape index (κ3) is 3.41. The zero-order valence-electron chi connectivity index (χ0n) is 16.6. The number of benzene rings is 1. The number of nitrogen functional groups attached to an aromatic ring is 2. The third-order valence-corrected chi connectivity index (χ3v) is 6.58. The molecule has 2 saturated heterocycles. The molecular formula is C21H29N5O3. The fourth-order valence-corrected chi connectivity index (χ4v) is 4.79. The van der Waals surface area contributed by atoms with Gasteiger partial charge in [0.2, 0.25) is 11.8 Å². The number of rotatable bonds is 6. The van der Waals surface area contributed by atoms with Crippen molar-refractivity contribution in [3.05, 3.63) is 23.8 Å². The zero-order valence-corrected chi connectivity index (χ0v) is 16.6. The maximum Gasteiger partial charge on any atom is 0.242 e. The van der Waals surface area contributed by atoms with E-state index in [2.05, 4.69) is 5.32 Å². The lowest BCUT2D eigenvalue weighted by Gasteiger charge is -2.34. The van der Waals surface area contributed by atoms with Gasteiger partial charge >= 0.3 is 0 Å². The Morgan fingerprint density at radius 2 is 2.03 bits per heavy atom. The number of hydrogen-bond donors (Lipinski definition) is 4. The van der Waals surface area contributed by atoms with Crippen molar-refractivity contribution in [1.29, 1.82) is 5.41 Å². The molecule has 0 radical (unpaired) electrons. The summed E-state index contributed by atoms with van der Waals surface area (Å²) in [4.78, 5) is 28.3. The van der Waals surface area contributed by atoms with Crippen molar-refractivity contribution in [2.75, 3.05) is 18.9 Å². The SMILES string of the molecule is N=C(N)c1c(N)cccc1OCC1(C(=O)NC2CCCCC2)CC2CCN2C1=O. The number of anilines is 1. The maximum atomic E-state index is 13.3. The van der Waals surface area contributed by atoms with Gasteiger partial charge in [-0.25, -0.2) is 0 Å². The minimum Gasteiger partial charge on any atom is -0.491 e. The molecular weight excluding hydrogens is 370 g/mol. The van der Waals surface area contributed by atoms with Crippen molar-refractivity contribution >= 4 is 23.3 Å². The molecule has 1 aliphatic carbocycles. The van der Waals surface area contributed by atoms with Gasteiger partial charge < -0.3 is 26.4 Å². The van der Waals surface area contributed by atoms with E-state index < -0.39 is 5.41 Å². The molecule has 2 unspecified atom stereocenters. The Labute approximate surface area is 170 Å². The normalized spacial score (nSPS) is 26.6. The van der Waals surface area contributed by atoms with Gasteiger partial charge in [0.25, 0.3) is 0 Å². The topological polar surface area (TPSA) is 135 Å². The summed E-state index contributed by atoms with van der Waals surface area (Å²) >= 11 is 0. The molecule has 2 heterocycles. The predicted molar refractivity (Wildman–Crippen MR) is 110 cm³/mol. The molecule has 1 aromatic rings. The first kappa shape index (κ1) is 19.5. The Morgan fingerprint density at radius 1 is 1.28 bits per heavy atom. The number of ether oxygens (including phenoxy) is 1. The number of nitrogens with zero attached hydrogens (tertiary/aromatic N) is 1. The Hall–Kier alpha value is -2.77. The van der Waals surface area contributed by atoms with E-state index in [0.717, 1.165) is 32.1 Å². The lowest BCUT2D eigenvalue weighted by molar-refractivity contribution is -0.149. The summed E-state index contributed by atoms with van der Waals surface area (Å²) in [6.07, 6.45) is 6.67. The van der Waals surface area contributed by atoms with Gasteiger partial charge in [-0.15, -0.1) is 0 Å². The summed E-state index contributed by atoms with van der Waals surface area (Å²) in [7, 11) is 0. The van der Waals surface area contributed by atoms with Crippen LogP contribution in [-0.2, 0) is 9.59 Å². The number of hydrogen-bond acceptors (Lipinski definition) is 5. The molecule has 0 spiro atoms. The van der Waals surface area contributed by atoms with Crippen molar-refractivity contribution in [3.63, 3.8) is 0 Å². The molecule has 3 fully saturated rings. The minimum atomic E-state index is -1.24. The molecule has 6 N–H and O–H groups in total. The highest BCUT2D eigenvalue weighted by Crippen LogP contribution is 2.43. The first-order valence-corrected chi connectivity index (χ1v) is 10.4. The van der Waals surface area contributed by atoms with Gasteiger partial charge in [-0.3, -0.25) is 15.0 Å². The minimum absolute atomic E-state index is 0.0822. The summed E-state index contributed by atoms with van der Waals surface area (Å²) in [6, 6.07) is 5.23. The van der Waals surface area contributed by atoms with Crippen LogP contribution >= 0.6 is 0 Å². The van der Waals surface area contributed by atoms with Gasteiger partial charge in [0.15, 0.2) is 5.41 Å². The second kappa shape index (κ2) is 7.57. The van der Waals surface area contributed by atoms with Crippen LogP contribution in [0, 0.1) is 10.8 Å². The number of carbonyl (C=O) groups excluding carboxylic acids is 2. The lowest BCUT2D eigenvalue weighted by atomic mass is 9.83. The Morgan fingerprint density at radius 3 is 2.62 bits per heavy atom. The van der Waals surface area contributed by atoms with E-state index >= 15 is 0 Å². The first-order valence-electron chi connectivity index (χ1n) is 10.4. The van der Waals surface area contributed by atoms with E-state index in [4.69, 9.17) is 21.6 Å². The van der Waals surface area contributed by atoms with Crippen LogP contribution in [0.2, 0.25) is 0 Å². The summed E-state index contributed by atoms with van der Waals surface area (Å²) in [5.74, 6) is -0.280. The summed E-state index contributed by atoms with van der Waals surface area (Å²) < 4.78 is 5.96. The number of amidine groups is 1. The van der Waals surface area contributed by atoms with Crippen molar-refractivity contribution < 1.29 is 14.3 Å². The van der Waals surface area contributed by atoms with Gasteiger partial charge in [-0.1, -0.05) is 25.3 Å². The molecule has 0 aromatic heterocycles. The van der Waals surface area contributed by atoms with Crippen LogP contribution in [-0.4, -0.2) is 47.8 Å². The average Bonchev–Trinajstić information content (AvgIpc) is 2.86. The fraction of sp³-hybridized carbons (Fsp3) is 0.571. The quantitative estimate of drug-likeness (QED) is 0.248. The van der Waals surface area contributed by atoms with Crippen molar-refractivity contribution in [1.82, 2.24) is 10.2 Å². The monoisotopic (exact) mass is 399 g/mol. The maximum absolute atomic E-state index is 13.3. The van der Waals surface area contributed by atoms with Crippen LogP contribution in [0.5, 0.6) is 5.75 Å². The lowest BCUT2D eigenvalue weighted by Crippen LogP contribution is -2.53. The molecule has 0 bridgehead atoms. The van der Waals surface area contributed by atoms with Gasteiger partial charge in [0, 0.05) is 24.3 Å². The van der Waals surface area contributed by atoms with Gasteiger partial charge in [-0.05, 0) is 37.8 Å². The highest BCUT2D eigenvalue weighted by molar-refractivity contribution is 6.07. The first-order chi connectivity index (χ1) is 13.9. The van der Waals surface area contributed by atoms with E-state index in [1.165, 1.54) is 6.42 Å². The van der Waals surface area contributed by atoms with Gasteiger partial charge in [0.1, 0.15) is 18.2 Å². The molecule has 29 heavy (non-hydrogen) atoms. The van der Waals surface area contributed by atoms with Crippen molar-refractivity contribution in [2.45, 2.75) is 57.0 Å². The van der Waals surface area contributed by atoms with Crippen LogP contribution in [0.4, 0.5) is 5.69 Å². The van der Waals surface area contributed by atoms with E-state index in [-0.39, 0.29) is 36.3 Å². The molecule has 2 aliphatic heterocycles. The van der Waals surface area contributed by atoms with Crippen molar-refractivity contribution in [3.8, 4) is 5.75 Å². The third-order valence-electron chi connectivity index (χ3n) is 6.58. The molecule has 4 rings (SSSR count). The number of fused-ring (bicyclic) bond motifs is 1. The standard InChI is InChI=1S/C21H29N5O3/c22-15-7-4-8-16(17(15)18(23)24)29-12-21(11-14-9-10-26(14)20(21)28)19(27)25-13-5-2-1-3-6-13/h4,7-8,13-14H,1-3,5-6,9-12,22H2,(H3,23,24)(H,25,27). The number of carbonyl (C=O) groups is 2. The molecule has 1 saturated carbocycles. The molecule has 8 heteroatoms. The molecule has 3 aliphatic rings. The second-order valence-electron chi connectivity index (χ2n) is 8.46. The summed E-state index contributed by atoms with van der Waals surface area (Å²) in [6.45, 7) is 0.611. The number of nitrogens with two attached hydrogens (primary N) is 2. The smallest absolute Gasteiger partial charge is 0.242 e. The summed E-state index contributed by atoms with van der Waals surface area (Å²) in [5.41, 5.74) is 11.0. The molecule has 156 valence electrons. The van der Waals surface area contributed by atoms with Crippen LogP contribution in [0.3, 0.4) is 0 Å². The Bertz CT molecular complexity index is 836. The van der Waals surface area contributed by atoms with E-state index in [0.29, 0.717) is 30.0 Å².